The lowest BCUT2D eigenvalue weighted by Crippen LogP contribution is -2.26. The minimum Gasteiger partial charge on any atom is -0.491 e. The van der Waals surface area contributed by atoms with E-state index in [0.29, 0.717) is 6.04 Å². The number of hydrogen-bond donors (Lipinski definition) is 1. The van der Waals surface area contributed by atoms with E-state index in [-0.39, 0.29) is 11.7 Å². The molecule has 20 heavy (non-hydrogen) atoms. The molecule has 1 atom stereocenters. The fourth-order valence-electron chi connectivity index (χ4n) is 2.15. The molecule has 0 fully saturated rings. The summed E-state index contributed by atoms with van der Waals surface area (Å²) in [5.74, 6) is 0.934. The van der Waals surface area contributed by atoms with Gasteiger partial charge in [0, 0.05) is 13.2 Å². The Balaban J connectivity index is 2.74. The molecule has 0 aromatic heterocycles. The van der Waals surface area contributed by atoms with E-state index in [1.165, 1.54) is 5.56 Å². The predicted octanol–water partition coefficient (Wildman–Crippen LogP) is 3.94. The lowest BCUT2D eigenvalue weighted by molar-refractivity contribution is 0.0118. The maximum atomic E-state index is 5.76. The zero-order valence-electron chi connectivity index (χ0n) is 13.7. The Morgan fingerprint density at radius 1 is 1.25 bits per heavy atom. The van der Waals surface area contributed by atoms with E-state index >= 15 is 0 Å². The molecule has 3 nitrogen and oxygen atoms in total. The van der Waals surface area contributed by atoms with Crippen molar-refractivity contribution in [2.75, 3.05) is 14.2 Å². The van der Waals surface area contributed by atoms with Crippen molar-refractivity contribution in [1.82, 2.24) is 5.32 Å². The SMILES string of the molecule is CNC(CCC(C)(C)OC)c1cccc(OC(C)C)c1. The third-order valence-electron chi connectivity index (χ3n) is 3.57. The van der Waals surface area contributed by atoms with Crippen LogP contribution in [0.1, 0.15) is 52.1 Å². The largest absolute Gasteiger partial charge is 0.491 e. The Hall–Kier alpha value is -1.06. The van der Waals surface area contributed by atoms with Crippen molar-refractivity contribution in [2.24, 2.45) is 0 Å². The van der Waals surface area contributed by atoms with Gasteiger partial charge in [0.2, 0.25) is 0 Å². The Morgan fingerprint density at radius 2 is 1.95 bits per heavy atom. The molecule has 0 bridgehead atoms. The molecule has 1 N–H and O–H groups in total. The van der Waals surface area contributed by atoms with E-state index in [2.05, 4.69) is 37.4 Å². The van der Waals surface area contributed by atoms with Gasteiger partial charge in [-0.25, -0.2) is 0 Å². The fourth-order valence-corrected chi connectivity index (χ4v) is 2.15. The minimum absolute atomic E-state index is 0.0822. The lowest BCUT2D eigenvalue weighted by Gasteiger charge is -2.26. The van der Waals surface area contributed by atoms with E-state index < -0.39 is 0 Å². The van der Waals surface area contributed by atoms with Crippen LogP contribution in [0.2, 0.25) is 0 Å². The van der Waals surface area contributed by atoms with Gasteiger partial charge in [-0.15, -0.1) is 0 Å². The van der Waals surface area contributed by atoms with Crippen LogP contribution in [0, 0.1) is 0 Å². The van der Waals surface area contributed by atoms with Gasteiger partial charge in [-0.05, 0) is 65.3 Å². The zero-order valence-corrected chi connectivity index (χ0v) is 13.7. The predicted molar refractivity (Wildman–Crippen MR) is 84.3 cm³/mol. The highest BCUT2D eigenvalue weighted by Crippen LogP contribution is 2.26. The van der Waals surface area contributed by atoms with Crippen LogP contribution in [0.3, 0.4) is 0 Å². The van der Waals surface area contributed by atoms with Crippen LogP contribution < -0.4 is 10.1 Å². The highest BCUT2D eigenvalue weighted by Gasteiger charge is 2.19. The van der Waals surface area contributed by atoms with E-state index in [0.717, 1.165) is 18.6 Å². The summed E-state index contributed by atoms with van der Waals surface area (Å²) >= 11 is 0. The highest BCUT2D eigenvalue weighted by atomic mass is 16.5. The maximum absolute atomic E-state index is 5.76. The Kier molecular flexibility index (Phi) is 6.50. The number of rotatable bonds is 8. The van der Waals surface area contributed by atoms with Gasteiger partial charge in [-0.3, -0.25) is 0 Å². The average molecular weight is 279 g/mol. The molecule has 0 spiro atoms. The number of methoxy groups -OCH3 is 1. The van der Waals surface area contributed by atoms with Crippen LogP contribution in [0.15, 0.2) is 24.3 Å². The molecule has 0 aliphatic carbocycles. The van der Waals surface area contributed by atoms with Crippen LogP contribution in [0.25, 0.3) is 0 Å². The summed E-state index contributed by atoms with van der Waals surface area (Å²) in [5.41, 5.74) is 1.18. The lowest BCUT2D eigenvalue weighted by atomic mass is 9.95. The molecule has 0 saturated carbocycles. The normalized spacial score (nSPS) is 13.6. The molecular formula is C17H29NO2. The van der Waals surface area contributed by atoms with Crippen molar-refractivity contribution in [3.05, 3.63) is 29.8 Å². The Labute approximate surface area is 123 Å². The van der Waals surface area contributed by atoms with Crippen LogP contribution in [0.4, 0.5) is 0 Å². The van der Waals surface area contributed by atoms with Crippen molar-refractivity contribution < 1.29 is 9.47 Å². The molecule has 0 aliphatic heterocycles. The Morgan fingerprint density at radius 3 is 2.50 bits per heavy atom. The molecule has 0 amide bonds. The third kappa shape index (κ3) is 5.51. The first-order chi connectivity index (χ1) is 9.38. The van der Waals surface area contributed by atoms with Gasteiger partial charge in [0.15, 0.2) is 0 Å². The van der Waals surface area contributed by atoms with E-state index in [1.807, 2.05) is 27.0 Å². The molecule has 1 unspecified atom stereocenters. The number of nitrogens with one attached hydrogen (secondary N) is 1. The maximum Gasteiger partial charge on any atom is 0.120 e. The Bertz CT molecular complexity index is 402. The summed E-state index contributed by atoms with van der Waals surface area (Å²) < 4.78 is 11.3. The number of benzene rings is 1. The van der Waals surface area contributed by atoms with Gasteiger partial charge in [-0.2, -0.15) is 0 Å². The van der Waals surface area contributed by atoms with Crippen LogP contribution in [0.5, 0.6) is 5.75 Å². The molecule has 1 aromatic carbocycles. The van der Waals surface area contributed by atoms with E-state index in [9.17, 15) is 0 Å². The van der Waals surface area contributed by atoms with Crippen molar-refractivity contribution in [3.8, 4) is 5.75 Å². The zero-order chi connectivity index (χ0) is 15.2. The third-order valence-corrected chi connectivity index (χ3v) is 3.57. The van der Waals surface area contributed by atoms with Gasteiger partial charge in [0.25, 0.3) is 0 Å². The monoisotopic (exact) mass is 279 g/mol. The molecule has 0 saturated heterocycles. The smallest absolute Gasteiger partial charge is 0.120 e. The minimum atomic E-state index is -0.0822. The van der Waals surface area contributed by atoms with Gasteiger partial charge >= 0.3 is 0 Å². The summed E-state index contributed by atoms with van der Waals surface area (Å²) in [6, 6.07) is 8.66. The van der Waals surface area contributed by atoms with E-state index in [4.69, 9.17) is 9.47 Å². The van der Waals surface area contributed by atoms with Gasteiger partial charge in [0.05, 0.1) is 11.7 Å². The summed E-state index contributed by atoms with van der Waals surface area (Å²) in [6.45, 7) is 8.34. The van der Waals surface area contributed by atoms with Crippen LogP contribution in [-0.2, 0) is 4.74 Å². The molecule has 0 heterocycles. The van der Waals surface area contributed by atoms with Gasteiger partial charge in [-0.1, -0.05) is 12.1 Å². The molecule has 0 radical (unpaired) electrons. The second kappa shape index (κ2) is 7.65. The second-order valence-corrected chi connectivity index (χ2v) is 6.08. The molecular weight excluding hydrogens is 250 g/mol. The molecule has 114 valence electrons. The van der Waals surface area contributed by atoms with Crippen molar-refractivity contribution in [3.63, 3.8) is 0 Å². The van der Waals surface area contributed by atoms with Crippen molar-refractivity contribution in [1.29, 1.82) is 0 Å². The topological polar surface area (TPSA) is 30.5 Å². The van der Waals surface area contributed by atoms with Crippen LogP contribution >= 0.6 is 0 Å². The summed E-state index contributed by atoms with van der Waals surface area (Å²) in [4.78, 5) is 0. The molecule has 3 heteroatoms. The van der Waals surface area contributed by atoms with Crippen molar-refractivity contribution in [2.45, 2.75) is 58.3 Å². The van der Waals surface area contributed by atoms with E-state index in [1.54, 1.807) is 7.11 Å². The first-order valence-corrected chi connectivity index (χ1v) is 7.37. The van der Waals surface area contributed by atoms with Gasteiger partial charge in [0.1, 0.15) is 5.75 Å². The number of ether oxygens (including phenoxy) is 2. The standard InChI is InChI=1S/C17H29NO2/c1-13(2)20-15-9-7-8-14(12-15)16(18-5)10-11-17(3,4)19-6/h7-9,12-13,16,18H,10-11H2,1-6H3. The second-order valence-electron chi connectivity index (χ2n) is 6.08. The average Bonchev–Trinajstić information content (AvgIpc) is 2.39. The quantitative estimate of drug-likeness (QED) is 0.782. The summed E-state index contributed by atoms with van der Waals surface area (Å²) in [6.07, 6.45) is 2.23. The fraction of sp³-hybridized carbons (Fsp3) is 0.647. The van der Waals surface area contributed by atoms with Crippen LogP contribution in [-0.4, -0.2) is 25.9 Å². The van der Waals surface area contributed by atoms with Gasteiger partial charge < -0.3 is 14.8 Å². The first-order valence-electron chi connectivity index (χ1n) is 7.37. The number of hydrogen-bond acceptors (Lipinski definition) is 3. The first kappa shape index (κ1) is 17.0. The van der Waals surface area contributed by atoms with Crippen molar-refractivity contribution >= 4 is 0 Å². The highest BCUT2D eigenvalue weighted by molar-refractivity contribution is 5.30. The molecule has 1 aromatic rings. The summed E-state index contributed by atoms with van der Waals surface area (Å²) in [7, 11) is 3.77. The molecule has 1 rings (SSSR count). The summed E-state index contributed by atoms with van der Waals surface area (Å²) in [5, 5.41) is 3.38. The molecule has 0 aliphatic rings.